The van der Waals surface area contributed by atoms with E-state index in [1.165, 1.54) is 4.90 Å². The maximum absolute atomic E-state index is 13.7. The number of ether oxygens (including phenoxy) is 1. The van der Waals surface area contributed by atoms with Crippen LogP contribution in [0.25, 0.3) is 0 Å². The molecule has 39 heavy (non-hydrogen) atoms. The number of hydrogen-bond acceptors (Lipinski definition) is 8. The third-order valence-corrected chi connectivity index (χ3v) is 9.42. The Hall–Kier alpha value is -2.67. The van der Waals surface area contributed by atoms with Crippen LogP contribution in [0, 0.1) is 5.92 Å². The van der Waals surface area contributed by atoms with E-state index in [0.717, 1.165) is 19.3 Å². The van der Waals surface area contributed by atoms with Gasteiger partial charge >= 0.3 is 6.09 Å². The molecule has 5 atom stereocenters. The van der Waals surface area contributed by atoms with Crippen molar-refractivity contribution in [1.82, 2.24) is 20.3 Å². The second kappa shape index (κ2) is 11.1. The molecule has 0 radical (unpaired) electrons. The van der Waals surface area contributed by atoms with Crippen LogP contribution in [0.15, 0.2) is 12.2 Å². The number of carbonyl (C=O) groups excluding carboxylic acids is 4. The Labute approximate surface area is 229 Å². The molecular weight excluding hydrogens is 526 g/mol. The van der Waals surface area contributed by atoms with Crippen molar-refractivity contribution in [2.45, 2.75) is 113 Å². The fourth-order valence-electron chi connectivity index (χ4n) is 5.28. The van der Waals surface area contributed by atoms with Crippen molar-refractivity contribution < 1.29 is 32.3 Å². The van der Waals surface area contributed by atoms with E-state index in [-0.39, 0.29) is 25.3 Å². The fraction of sp³-hybridized carbons (Fsp3) is 0.769. The summed E-state index contributed by atoms with van der Waals surface area (Å²) in [5.41, 5.74) is 4.01. The van der Waals surface area contributed by atoms with Crippen molar-refractivity contribution in [3.63, 3.8) is 0 Å². The van der Waals surface area contributed by atoms with Gasteiger partial charge in [0.15, 0.2) is 0 Å². The maximum atomic E-state index is 13.7. The number of sulfonamides is 1. The molecule has 3 fully saturated rings. The van der Waals surface area contributed by atoms with E-state index in [0.29, 0.717) is 25.7 Å². The zero-order valence-corrected chi connectivity index (χ0v) is 23.7. The zero-order chi connectivity index (χ0) is 28.6. The smallest absolute Gasteiger partial charge is 0.408 e. The van der Waals surface area contributed by atoms with Gasteiger partial charge in [-0.05, 0) is 65.7 Å². The van der Waals surface area contributed by atoms with Gasteiger partial charge in [-0.1, -0.05) is 25.0 Å². The standard InChI is InChI=1S/C26H41N5O7S/c1-25(2,3)38-24(35)28-19-10-8-6-4-5-7-9-16-14-26(16,23(34)30-39(36,37)18-11-12-18)29-21(32)20-13-17(27)15-31(20)22(19)33/h7,9,16-20H,4-6,8,10-15,27H2,1-3H3,(H,28,35)(H,29,32)(H,30,34)/b9-7+/t16-,17-,19+,20+,26-/m1/s1. The van der Waals surface area contributed by atoms with Crippen molar-refractivity contribution in [2.75, 3.05) is 6.54 Å². The lowest BCUT2D eigenvalue weighted by molar-refractivity contribution is -0.141. The molecule has 2 heterocycles. The predicted octanol–water partition coefficient (Wildman–Crippen LogP) is 0.812. The van der Waals surface area contributed by atoms with E-state index in [4.69, 9.17) is 10.5 Å². The summed E-state index contributed by atoms with van der Waals surface area (Å²) in [7, 11) is -3.81. The molecule has 5 N–H and O–H groups in total. The quantitative estimate of drug-likeness (QED) is 0.361. The lowest BCUT2D eigenvalue weighted by atomic mass is 10.0. The first-order chi connectivity index (χ1) is 18.2. The summed E-state index contributed by atoms with van der Waals surface area (Å²) >= 11 is 0. The van der Waals surface area contributed by atoms with E-state index in [2.05, 4.69) is 15.4 Å². The number of nitrogens with two attached hydrogens (primary N) is 1. The summed E-state index contributed by atoms with van der Waals surface area (Å²) in [5.74, 6) is -2.13. The van der Waals surface area contributed by atoms with Crippen LogP contribution < -0.4 is 21.1 Å². The van der Waals surface area contributed by atoms with Gasteiger partial charge in [0, 0.05) is 18.5 Å². The highest BCUT2D eigenvalue weighted by atomic mass is 32.2. The van der Waals surface area contributed by atoms with Crippen molar-refractivity contribution in [3.05, 3.63) is 12.2 Å². The van der Waals surface area contributed by atoms with E-state index < -0.39 is 68.4 Å². The molecule has 4 rings (SSSR count). The first-order valence-electron chi connectivity index (χ1n) is 13.8. The molecule has 2 aliphatic heterocycles. The van der Waals surface area contributed by atoms with Crippen LogP contribution in [-0.4, -0.2) is 78.2 Å². The minimum atomic E-state index is -3.81. The molecular formula is C26H41N5O7S. The number of alkyl carbamates (subject to hydrolysis) is 1. The van der Waals surface area contributed by atoms with Crippen LogP contribution in [0.4, 0.5) is 4.79 Å². The molecule has 0 aromatic carbocycles. The maximum Gasteiger partial charge on any atom is 0.408 e. The second-order valence-electron chi connectivity index (χ2n) is 12.2. The fourth-order valence-corrected chi connectivity index (χ4v) is 6.65. The Morgan fingerprint density at radius 1 is 1.15 bits per heavy atom. The third-order valence-electron chi connectivity index (χ3n) is 7.60. The van der Waals surface area contributed by atoms with Gasteiger partial charge in [-0.15, -0.1) is 0 Å². The average molecular weight is 568 g/mol. The summed E-state index contributed by atoms with van der Waals surface area (Å²) in [5, 5.41) is 4.88. The molecule has 4 amide bonds. The van der Waals surface area contributed by atoms with Crippen LogP contribution in [0.3, 0.4) is 0 Å². The van der Waals surface area contributed by atoms with Gasteiger partial charge in [-0.2, -0.15) is 0 Å². The normalized spacial score (nSPS) is 33.0. The molecule has 0 spiro atoms. The molecule has 2 saturated carbocycles. The summed E-state index contributed by atoms with van der Waals surface area (Å²) in [6.07, 6.45) is 7.92. The van der Waals surface area contributed by atoms with E-state index in [9.17, 15) is 27.6 Å². The van der Waals surface area contributed by atoms with Gasteiger partial charge in [0.1, 0.15) is 23.2 Å². The summed E-state index contributed by atoms with van der Waals surface area (Å²) < 4.78 is 32.5. The van der Waals surface area contributed by atoms with Crippen LogP contribution in [0.1, 0.15) is 78.6 Å². The molecule has 12 nitrogen and oxygen atoms in total. The van der Waals surface area contributed by atoms with Crippen molar-refractivity contribution in [3.8, 4) is 0 Å². The second-order valence-corrected chi connectivity index (χ2v) is 14.2. The zero-order valence-electron chi connectivity index (χ0n) is 22.9. The predicted molar refractivity (Wildman–Crippen MR) is 143 cm³/mol. The van der Waals surface area contributed by atoms with Gasteiger partial charge in [0.2, 0.25) is 21.8 Å². The van der Waals surface area contributed by atoms with E-state index in [1.807, 2.05) is 12.2 Å². The SMILES string of the molecule is CC(C)(C)OC(=O)N[C@H]1CCCCC/C=C/[C@@H]2C[C@@]2(C(=O)NS(=O)(=O)C2CC2)NC(=O)[C@@H]2C[C@@H](N)CN2C1=O. The number of carbonyl (C=O) groups is 4. The molecule has 13 heteroatoms. The summed E-state index contributed by atoms with van der Waals surface area (Å²) in [6, 6.07) is -2.34. The highest BCUT2D eigenvalue weighted by Crippen LogP contribution is 2.46. The van der Waals surface area contributed by atoms with Crippen LogP contribution >= 0.6 is 0 Å². The number of rotatable bonds is 4. The van der Waals surface area contributed by atoms with Gasteiger partial charge in [0.25, 0.3) is 5.91 Å². The lowest BCUT2D eigenvalue weighted by Crippen LogP contribution is -2.58. The topological polar surface area (TPSA) is 177 Å². The van der Waals surface area contributed by atoms with Crippen molar-refractivity contribution in [1.29, 1.82) is 0 Å². The number of hydrogen-bond donors (Lipinski definition) is 4. The first kappa shape index (κ1) is 29.3. The summed E-state index contributed by atoms with van der Waals surface area (Å²) in [6.45, 7) is 5.30. The Morgan fingerprint density at radius 3 is 2.54 bits per heavy atom. The molecule has 218 valence electrons. The van der Waals surface area contributed by atoms with Crippen LogP contribution in [0.2, 0.25) is 0 Å². The van der Waals surface area contributed by atoms with Crippen LogP contribution in [0.5, 0.6) is 0 Å². The Balaban J connectivity index is 1.57. The van der Waals surface area contributed by atoms with Gasteiger partial charge in [-0.3, -0.25) is 19.1 Å². The highest BCUT2D eigenvalue weighted by molar-refractivity contribution is 7.91. The number of allylic oxidation sites excluding steroid dienone is 1. The first-order valence-corrected chi connectivity index (χ1v) is 15.4. The van der Waals surface area contributed by atoms with Crippen molar-refractivity contribution in [2.24, 2.45) is 11.7 Å². The molecule has 0 unspecified atom stereocenters. The monoisotopic (exact) mass is 567 g/mol. The highest BCUT2D eigenvalue weighted by Gasteiger charge is 2.62. The number of fused-ring (bicyclic) bond motifs is 2. The summed E-state index contributed by atoms with van der Waals surface area (Å²) in [4.78, 5) is 54.4. The number of nitrogens with one attached hydrogen (secondary N) is 3. The van der Waals surface area contributed by atoms with Crippen molar-refractivity contribution >= 4 is 33.8 Å². The van der Waals surface area contributed by atoms with Gasteiger partial charge < -0.3 is 26.0 Å². The van der Waals surface area contributed by atoms with E-state index >= 15 is 0 Å². The molecule has 0 aromatic rings. The Kier molecular flexibility index (Phi) is 8.32. The van der Waals surface area contributed by atoms with Crippen LogP contribution in [-0.2, 0) is 29.1 Å². The minimum absolute atomic E-state index is 0.113. The van der Waals surface area contributed by atoms with Gasteiger partial charge in [-0.25, -0.2) is 13.2 Å². The number of amides is 4. The number of nitrogens with zero attached hydrogens (tertiary/aromatic N) is 1. The molecule has 2 aliphatic carbocycles. The lowest BCUT2D eigenvalue weighted by Gasteiger charge is -2.30. The largest absolute Gasteiger partial charge is 0.444 e. The average Bonchev–Trinajstić information content (AvgIpc) is 3.73. The Morgan fingerprint density at radius 2 is 1.87 bits per heavy atom. The van der Waals surface area contributed by atoms with E-state index in [1.54, 1.807) is 20.8 Å². The Bertz CT molecular complexity index is 1130. The molecule has 4 aliphatic rings. The molecule has 0 aromatic heterocycles. The minimum Gasteiger partial charge on any atom is -0.444 e. The molecule has 1 saturated heterocycles. The van der Waals surface area contributed by atoms with Gasteiger partial charge in [0.05, 0.1) is 5.25 Å². The molecule has 0 bridgehead atoms. The third kappa shape index (κ3) is 7.10.